The zero-order valence-corrected chi connectivity index (χ0v) is 12.9. The maximum absolute atomic E-state index is 11.9. The van der Waals surface area contributed by atoms with E-state index in [1.807, 2.05) is 6.92 Å². The lowest BCUT2D eigenvalue weighted by molar-refractivity contribution is 0.179. The van der Waals surface area contributed by atoms with Gasteiger partial charge in [0.05, 0.1) is 13.2 Å². The third-order valence-corrected chi connectivity index (χ3v) is 3.89. The lowest BCUT2D eigenvalue weighted by atomic mass is 10.4. The summed E-state index contributed by atoms with van der Waals surface area (Å²) in [6, 6.07) is 3.07. The van der Waals surface area contributed by atoms with E-state index < -0.39 is 10.0 Å². The Hall–Kier alpha value is -1.71. The van der Waals surface area contributed by atoms with E-state index in [9.17, 15) is 8.42 Å². The Morgan fingerprint density at radius 1 is 1.57 bits per heavy atom. The van der Waals surface area contributed by atoms with Crippen molar-refractivity contribution < 1.29 is 13.2 Å². The van der Waals surface area contributed by atoms with Gasteiger partial charge >= 0.3 is 0 Å². The van der Waals surface area contributed by atoms with Crippen molar-refractivity contribution in [2.24, 2.45) is 10.7 Å². The Morgan fingerprint density at radius 3 is 2.95 bits per heavy atom. The highest BCUT2D eigenvalue weighted by Gasteiger charge is 2.12. The number of aromatic nitrogens is 1. The molecule has 9 heteroatoms. The summed E-state index contributed by atoms with van der Waals surface area (Å²) < 4.78 is 31.1. The van der Waals surface area contributed by atoms with Crippen LogP contribution in [-0.4, -0.2) is 52.2 Å². The summed E-state index contributed by atoms with van der Waals surface area (Å²) >= 11 is 0. The molecule has 1 aromatic heterocycles. The van der Waals surface area contributed by atoms with Gasteiger partial charge in [0.25, 0.3) is 0 Å². The highest BCUT2D eigenvalue weighted by Crippen LogP contribution is 2.04. The van der Waals surface area contributed by atoms with E-state index in [0.717, 1.165) is 0 Å². The Kier molecular flexibility index (Phi) is 7.06. The van der Waals surface area contributed by atoms with Crippen LogP contribution in [0.25, 0.3) is 0 Å². The van der Waals surface area contributed by atoms with Crippen LogP contribution in [0.4, 0.5) is 0 Å². The van der Waals surface area contributed by atoms with E-state index in [0.29, 0.717) is 6.61 Å². The molecule has 8 nitrogen and oxygen atoms in total. The molecular formula is C12H21N5O3S. The number of nitrogens with zero attached hydrogens (tertiary/aromatic N) is 2. The van der Waals surface area contributed by atoms with Crippen LogP contribution in [0, 0.1) is 0 Å². The van der Waals surface area contributed by atoms with Gasteiger partial charge in [-0.3, -0.25) is 9.98 Å². The first kappa shape index (κ1) is 17.3. The SMILES string of the molecule is COCC(C)NC(N)=NCCNS(=O)(=O)c1cccnc1. The van der Waals surface area contributed by atoms with Crippen molar-refractivity contribution in [3.8, 4) is 0 Å². The van der Waals surface area contributed by atoms with E-state index in [1.165, 1.54) is 18.5 Å². The molecule has 1 atom stereocenters. The van der Waals surface area contributed by atoms with Gasteiger partial charge in [-0.1, -0.05) is 0 Å². The molecule has 0 aromatic carbocycles. The molecule has 1 aromatic rings. The molecule has 0 bridgehead atoms. The molecular weight excluding hydrogens is 294 g/mol. The summed E-state index contributed by atoms with van der Waals surface area (Å²) in [5, 5.41) is 2.93. The van der Waals surface area contributed by atoms with Gasteiger partial charge in [-0.25, -0.2) is 13.1 Å². The molecule has 1 heterocycles. The highest BCUT2D eigenvalue weighted by atomic mass is 32.2. The minimum atomic E-state index is -3.55. The number of pyridine rings is 1. The molecule has 0 saturated heterocycles. The van der Waals surface area contributed by atoms with Crippen molar-refractivity contribution in [1.82, 2.24) is 15.0 Å². The van der Waals surface area contributed by atoms with Crippen LogP contribution in [0.3, 0.4) is 0 Å². The lowest BCUT2D eigenvalue weighted by Gasteiger charge is -2.13. The first-order valence-electron chi connectivity index (χ1n) is 6.41. The van der Waals surface area contributed by atoms with Gasteiger partial charge in [-0.05, 0) is 19.1 Å². The summed E-state index contributed by atoms with van der Waals surface area (Å²) in [7, 11) is -1.96. The van der Waals surface area contributed by atoms with Crippen LogP contribution in [0.15, 0.2) is 34.4 Å². The zero-order valence-electron chi connectivity index (χ0n) is 12.1. The number of aliphatic imine (C=N–C) groups is 1. The van der Waals surface area contributed by atoms with Crippen molar-refractivity contribution in [2.45, 2.75) is 17.9 Å². The van der Waals surface area contributed by atoms with Crippen molar-refractivity contribution in [3.05, 3.63) is 24.5 Å². The molecule has 0 radical (unpaired) electrons. The minimum Gasteiger partial charge on any atom is -0.383 e. The van der Waals surface area contributed by atoms with E-state index in [-0.39, 0.29) is 30.0 Å². The molecule has 0 fully saturated rings. The molecule has 1 unspecified atom stereocenters. The Morgan fingerprint density at radius 2 is 2.33 bits per heavy atom. The maximum Gasteiger partial charge on any atom is 0.242 e. The third-order valence-electron chi connectivity index (χ3n) is 2.44. The molecule has 1 rings (SSSR count). The number of guanidine groups is 1. The second-order valence-electron chi connectivity index (χ2n) is 4.35. The van der Waals surface area contributed by atoms with E-state index >= 15 is 0 Å². The van der Waals surface area contributed by atoms with Gasteiger partial charge in [0, 0.05) is 32.1 Å². The van der Waals surface area contributed by atoms with E-state index in [2.05, 4.69) is 20.0 Å². The number of ether oxygens (including phenoxy) is 1. The quantitative estimate of drug-likeness (QED) is 0.331. The van der Waals surface area contributed by atoms with Crippen molar-refractivity contribution >= 4 is 16.0 Å². The fraction of sp³-hybridized carbons (Fsp3) is 0.500. The van der Waals surface area contributed by atoms with E-state index in [1.54, 1.807) is 13.2 Å². The Balaban J connectivity index is 2.40. The molecule has 4 N–H and O–H groups in total. The van der Waals surface area contributed by atoms with Crippen molar-refractivity contribution in [2.75, 3.05) is 26.8 Å². The summed E-state index contributed by atoms with van der Waals surface area (Å²) in [4.78, 5) is 7.92. The van der Waals surface area contributed by atoms with Crippen molar-refractivity contribution in [1.29, 1.82) is 0 Å². The summed E-state index contributed by atoms with van der Waals surface area (Å²) in [6.45, 7) is 2.79. The largest absolute Gasteiger partial charge is 0.383 e. The first-order valence-corrected chi connectivity index (χ1v) is 7.89. The van der Waals surface area contributed by atoms with Gasteiger partial charge in [0.15, 0.2) is 5.96 Å². The topological polar surface area (TPSA) is 119 Å². The first-order chi connectivity index (χ1) is 9.95. The summed E-state index contributed by atoms with van der Waals surface area (Å²) in [5.74, 6) is 0.250. The molecule has 0 aliphatic carbocycles. The smallest absolute Gasteiger partial charge is 0.242 e. The number of sulfonamides is 1. The Bertz CT molecular complexity index is 547. The summed E-state index contributed by atoms with van der Waals surface area (Å²) in [6.07, 6.45) is 2.80. The average Bonchev–Trinajstić information content (AvgIpc) is 2.45. The number of hydrogen-bond acceptors (Lipinski definition) is 5. The third kappa shape index (κ3) is 6.52. The fourth-order valence-corrected chi connectivity index (χ4v) is 2.52. The molecule has 0 aliphatic heterocycles. The fourth-order valence-electron chi connectivity index (χ4n) is 1.54. The summed E-state index contributed by atoms with van der Waals surface area (Å²) in [5.41, 5.74) is 5.66. The number of hydrogen-bond donors (Lipinski definition) is 3. The second-order valence-corrected chi connectivity index (χ2v) is 6.12. The highest BCUT2D eigenvalue weighted by molar-refractivity contribution is 7.89. The van der Waals surface area contributed by atoms with Gasteiger partial charge in [-0.2, -0.15) is 0 Å². The van der Waals surface area contributed by atoms with E-state index in [4.69, 9.17) is 10.5 Å². The second kappa shape index (κ2) is 8.55. The van der Waals surface area contributed by atoms with Gasteiger partial charge in [0.1, 0.15) is 4.90 Å². The predicted molar refractivity (Wildman–Crippen MR) is 80.4 cm³/mol. The van der Waals surface area contributed by atoms with Crippen LogP contribution in [0.1, 0.15) is 6.92 Å². The van der Waals surface area contributed by atoms with Crippen LogP contribution in [0.5, 0.6) is 0 Å². The number of rotatable bonds is 8. The van der Waals surface area contributed by atoms with Crippen LogP contribution < -0.4 is 15.8 Å². The zero-order chi connectivity index (χ0) is 15.7. The number of nitrogens with one attached hydrogen (secondary N) is 2. The van der Waals surface area contributed by atoms with Crippen molar-refractivity contribution in [3.63, 3.8) is 0 Å². The van der Waals surface area contributed by atoms with Crippen LogP contribution >= 0.6 is 0 Å². The Labute approximate surface area is 124 Å². The standard InChI is InChI=1S/C12H21N5O3S/c1-10(9-20-2)17-12(13)15-6-7-16-21(18,19)11-4-3-5-14-8-11/h3-5,8,10,16H,6-7,9H2,1-2H3,(H3,13,15,17). The molecule has 0 aliphatic rings. The van der Waals surface area contributed by atoms with Crippen LogP contribution in [0.2, 0.25) is 0 Å². The minimum absolute atomic E-state index is 0.0332. The lowest BCUT2D eigenvalue weighted by Crippen LogP contribution is -2.41. The van der Waals surface area contributed by atoms with Crippen LogP contribution in [-0.2, 0) is 14.8 Å². The average molecular weight is 315 g/mol. The molecule has 21 heavy (non-hydrogen) atoms. The van der Waals surface area contributed by atoms with Gasteiger partial charge < -0.3 is 15.8 Å². The molecule has 0 spiro atoms. The molecule has 0 saturated carbocycles. The number of methoxy groups -OCH3 is 1. The molecule has 0 amide bonds. The van der Waals surface area contributed by atoms with Gasteiger partial charge in [-0.15, -0.1) is 0 Å². The van der Waals surface area contributed by atoms with Gasteiger partial charge in [0.2, 0.25) is 10.0 Å². The normalized spacial score (nSPS) is 13.9. The molecule has 118 valence electrons. The number of nitrogens with two attached hydrogens (primary N) is 1. The monoisotopic (exact) mass is 315 g/mol. The predicted octanol–water partition coefficient (Wildman–Crippen LogP) is -0.701. The maximum atomic E-state index is 11.9.